The molecule has 3 nitrogen and oxygen atoms in total. The van der Waals surface area contributed by atoms with Crippen LogP contribution in [0.15, 0.2) is 0 Å². The van der Waals surface area contributed by atoms with Gasteiger partial charge in [-0.25, -0.2) is 0 Å². The van der Waals surface area contributed by atoms with E-state index < -0.39 is 0 Å². The van der Waals surface area contributed by atoms with Gasteiger partial charge >= 0.3 is 0 Å². The molecule has 0 amide bonds. The number of carbonyl (C=O) groups is 1. The monoisotopic (exact) mass is 181 g/mol. The van der Waals surface area contributed by atoms with Crippen molar-refractivity contribution in [1.29, 1.82) is 0 Å². The summed E-state index contributed by atoms with van der Waals surface area (Å²) in [5.74, 6) is 0. The van der Waals surface area contributed by atoms with Gasteiger partial charge in [-0.05, 0) is 24.5 Å². The molecule has 1 heterocycles. The van der Waals surface area contributed by atoms with E-state index >= 15 is 0 Å². The van der Waals surface area contributed by atoms with Gasteiger partial charge in [0.15, 0.2) is 6.29 Å². The van der Waals surface area contributed by atoms with Gasteiger partial charge in [-0.15, -0.1) is 0 Å². The molecule has 0 atom stereocenters. The van der Waals surface area contributed by atoms with Crippen molar-refractivity contribution in [1.82, 2.24) is 4.98 Å². The highest BCUT2D eigenvalue weighted by Gasteiger charge is 2.11. The third kappa shape index (κ3) is 1.80. The molecule has 0 saturated carbocycles. The molecule has 0 aliphatic rings. The van der Waals surface area contributed by atoms with E-state index in [0.717, 1.165) is 24.0 Å². The molecule has 0 aliphatic carbocycles. The SMILES string of the molecule is CCc1c(COC)[nH]c(C=O)c1C. The van der Waals surface area contributed by atoms with Gasteiger partial charge in [0.2, 0.25) is 0 Å². The zero-order valence-electron chi connectivity index (χ0n) is 8.31. The van der Waals surface area contributed by atoms with Gasteiger partial charge in [0.1, 0.15) is 0 Å². The maximum absolute atomic E-state index is 10.6. The van der Waals surface area contributed by atoms with Gasteiger partial charge in [0.25, 0.3) is 0 Å². The Morgan fingerprint density at radius 3 is 2.69 bits per heavy atom. The van der Waals surface area contributed by atoms with Crippen molar-refractivity contribution < 1.29 is 9.53 Å². The normalized spacial score (nSPS) is 10.4. The number of hydrogen-bond acceptors (Lipinski definition) is 2. The molecule has 0 aliphatic heterocycles. The van der Waals surface area contributed by atoms with Crippen molar-refractivity contribution in [2.75, 3.05) is 7.11 Å². The Morgan fingerprint density at radius 1 is 1.54 bits per heavy atom. The first-order chi connectivity index (χ1) is 6.24. The second kappa shape index (κ2) is 4.23. The van der Waals surface area contributed by atoms with Crippen LogP contribution in [0.25, 0.3) is 0 Å². The van der Waals surface area contributed by atoms with E-state index in [0.29, 0.717) is 12.3 Å². The van der Waals surface area contributed by atoms with Crippen LogP contribution in [-0.2, 0) is 17.8 Å². The maximum Gasteiger partial charge on any atom is 0.166 e. The molecular weight excluding hydrogens is 166 g/mol. The maximum atomic E-state index is 10.6. The highest BCUT2D eigenvalue weighted by Crippen LogP contribution is 2.18. The summed E-state index contributed by atoms with van der Waals surface area (Å²) in [6.07, 6.45) is 1.78. The molecule has 0 radical (unpaired) electrons. The van der Waals surface area contributed by atoms with Crippen LogP contribution < -0.4 is 0 Å². The molecule has 13 heavy (non-hydrogen) atoms. The molecule has 0 bridgehead atoms. The van der Waals surface area contributed by atoms with Gasteiger partial charge in [0.05, 0.1) is 12.3 Å². The Hall–Kier alpha value is -1.09. The summed E-state index contributed by atoms with van der Waals surface area (Å²) in [4.78, 5) is 13.7. The zero-order valence-corrected chi connectivity index (χ0v) is 8.31. The minimum Gasteiger partial charge on any atom is -0.378 e. The fraction of sp³-hybridized carbons (Fsp3) is 0.500. The van der Waals surface area contributed by atoms with E-state index in [1.54, 1.807) is 7.11 Å². The van der Waals surface area contributed by atoms with Crippen molar-refractivity contribution in [3.8, 4) is 0 Å². The second-order valence-electron chi connectivity index (χ2n) is 3.03. The predicted molar refractivity (Wildman–Crippen MR) is 51.0 cm³/mol. The summed E-state index contributed by atoms with van der Waals surface area (Å²) in [5.41, 5.74) is 3.93. The number of ether oxygens (including phenoxy) is 1. The van der Waals surface area contributed by atoms with Crippen LogP contribution in [0.1, 0.15) is 34.2 Å². The van der Waals surface area contributed by atoms with Gasteiger partial charge in [-0.2, -0.15) is 0 Å². The summed E-state index contributed by atoms with van der Waals surface area (Å²) >= 11 is 0. The average molecular weight is 181 g/mol. The number of rotatable bonds is 4. The first kappa shape index (κ1) is 9.99. The van der Waals surface area contributed by atoms with Crippen molar-refractivity contribution in [2.45, 2.75) is 26.9 Å². The summed E-state index contributed by atoms with van der Waals surface area (Å²) in [6, 6.07) is 0. The quantitative estimate of drug-likeness (QED) is 0.720. The topological polar surface area (TPSA) is 42.1 Å². The molecule has 1 aromatic heterocycles. The van der Waals surface area contributed by atoms with Crippen LogP contribution in [0.5, 0.6) is 0 Å². The number of hydrogen-bond donors (Lipinski definition) is 1. The Balaban J connectivity index is 3.11. The Kier molecular flexibility index (Phi) is 3.25. The summed E-state index contributed by atoms with van der Waals surface area (Å²) in [6.45, 7) is 4.57. The van der Waals surface area contributed by atoms with Gasteiger partial charge in [-0.3, -0.25) is 4.79 Å². The highest BCUT2D eigenvalue weighted by molar-refractivity contribution is 5.75. The minimum absolute atomic E-state index is 0.540. The minimum atomic E-state index is 0.540. The van der Waals surface area contributed by atoms with Crippen LogP contribution >= 0.6 is 0 Å². The summed E-state index contributed by atoms with van der Waals surface area (Å²) < 4.78 is 5.04. The van der Waals surface area contributed by atoms with Crippen LogP contribution in [0.2, 0.25) is 0 Å². The zero-order chi connectivity index (χ0) is 9.84. The van der Waals surface area contributed by atoms with Crippen molar-refractivity contribution in [3.05, 3.63) is 22.5 Å². The van der Waals surface area contributed by atoms with E-state index in [1.807, 2.05) is 6.92 Å². The third-order valence-corrected chi connectivity index (χ3v) is 2.27. The fourth-order valence-electron chi connectivity index (χ4n) is 1.58. The highest BCUT2D eigenvalue weighted by atomic mass is 16.5. The molecule has 1 N–H and O–H groups in total. The lowest BCUT2D eigenvalue weighted by Crippen LogP contribution is -1.93. The lowest BCUT2D eigenvalue weighted by Gasteiger charge is -2.00. The van der Waals surface area contributed by atoms with E-state index in [2.05, 4.69) is 11.9 Å². The Bertz CT molecular complexity index is 302. The van der Waals surface area contributed by atoms with E-state index in [4.69, 9.17) is 4.74 Å². The number of H-pyrrole nitrogens is 1. The first-order valence-electron chi connectivity index (χ1n) is 4.39. The van der Waals surface area contributed by atoms with Crippen LogP contribution in [0.4, 0.5) is 0 Å². The average Bonchev–Trinajstić information content (AvgIpc) is 2.43. The number of methoxy groups -OCH3 is 1. The predicted octanol–water partition coefficient (Wildman–Crippen LogP) is 1.84. The van der Waals surface area contributed by atoms with Crippen molar-refractivity contribution in [3.63, 3.8) is 0 Å². The molecule has 3 heteroatoms. The lowest BCUT2D eigenvalue weighted by molar-refractivity contribution is 0.111. The molecule has 0 unspecified atom stereocenters. The van der Waals surface area contributed by atoms with Gasteiger partial charge in [-0.1, -0.05) is 6.92 Å². The number of nitrogens with one attached hydrogen (secondary N) is 1. The van der Waals surface area contributed by atoms with Crippen LogP contribution in [0, 0.1) is 6.92 Å². The molecule has 0 aromatic carbocycles. The largest absolute Gasteiger partial charge is 0.378 e. The molecule has 0 fully saturated rings. The molecule has 0 spiro atoms. The fourth-order valence-corrected chi connectivity index (χ4v) is 1.58. The van der Waals surface area contributed by atoms with Gasteiger partial charge < -0.3 is 9.72 Å². The number of aldehydes is 1. The lowest BCUT2D eigenvalue weighted by atomic mass is 10.1. The summed E-state index contributed by atoms with van der Waals surface area (Å²) in [5, 5.41) is 0. The first-order valence-corrected chi connectivity index (χ1v) is 4.39. The standard InChI is InChI=1S/C10H15NO2/c1-4-8-7(2)9(5-12)11-10(8)6-13-3/h5,11H,4,6H2,1-3H3. The second-order valence-corrected chi connectivity index (χ2v) is 3.03. The van der Waals surface area contributed by atoms with E-state index in [9.17, 15) is 4.79 Å². The number of aromatic nitrogens is 1. The molecule has 0 saturated heterocycles. The van der Waals surface area contributed by atoms with Crippen LogP contribution in [0.3, 0.4) is 0 Å². The Morgan fingerprint density at radius 2 is 2.23 bits per heavy atom. The molecule has 72 valence electrons. The molecule has 1 rings (SSSR count). The number of aromatic amines is 1. The van der Waals surface area contributed by atoms with Gasteiger partial charge in [0, 0.05) is 12.8 Å². The van der Waals surface area contributed by atoms with Crippen LogP contribution in [-0.4, -0.2) is 18.4 Å². The smallest absolute Gasteiger partial charge is 0.166 e. The molecular formula is C10H15NO2. The Labute approximate surface area is 78.1 Å². The van der Waals surface area contributed by atoms with E-state index in [-0.39, 0.29) is 0 Å². The third-order valence-electron chi connectivity index (χ3n) is 2.27. The van der Waals surface area contributed by atoms with E-state index in [1.165, 1.54) is 5.56 Å². The number of carbonyl (C=O) groups excluding carboxylic acids is 1. The summed E-state index contributed by atoms with van der Waals surface area (Å²) in [7, 11) is 1.65. The van der Waals surface area contributed by atoms with Crippen molar-refractivity contribution >= 4 is 6.29 Å². The van der Waals surface area contributed by atoms with Crippen molar-refractivity contribution in [2.24, 2.45) is 0 Å². The molecule has 1 aromatic rings.